The smallest absolute Gasteiger partial charge is 0.356 e. The van der Waals surface area contributed by atoms with Crippen LogP contribution in [-0.4, -0.2) is 25.7 Å². The Kier molecular flexibility index (Phi) is 3.46. The molecule has 0 amide bonds. The number of halogens is 1. The summed E-state index contributed by atoms with van der Waals surface area (Å²) in [6, 6.07) is 8.25. The molecule has 22 heavy (non-hydrogen) atoms. The van der Waals surface area contributed by atoms with Gasteiger partial charge in [0.1, 0.15) is 11.6 Å². The normalized spacial score (nSPS) is 10.8. The van der Waals surface area contributed by atoms with Gasteiger partial charge in [0.15, 0.2) is 11.3 Å². The van der Waals surface area contributed by atoms with Crippen LogP contribution in [0.25, 0.3) is 5.65 Å². The number of rotatable bonds is 4. The molecule has 0 fully saturated rings. The van der Waals surface area contributed by atoms with E-state index in [9.17, 15) is 9.18 Å². The number of hydrogen-bond donors (Lipinski definition) is 2. The molecule has 0 aliphatic heterocycles. The van der Waals surface area contributed by atoms with Gasteiger partial charge in [0.25, 0.3) is 0 Å². The molecule has 0 spiro atoms. The molecule has 0 saturated heterocycles. The molecule has 3 aromatic rings. The molecule has 0 aliphatic carbocycles. The number of hydrogen-bond acceptors (Lipinski definition) is 4. The van der Waals surface area contributed by atoms with Gasteiger partial charge in [-0.05, 0) is 36.2 Å². The number of aromatic carboxylic acids is 1. The van der Waals surface area contributed by atoms with Crippen LogP contribution in [0.5, 0.6) is 0 Å². The van der Waals surface area contributed by atoms with Gasteiger partial charge >= 0.3 is 5.97 Å². The summed E-state index contributed by atoms with van der Waals surface area (Å²) in [6.07, 6.45) is 1.26. The van der Waals surface area contributed by atoms with Crippen LogP contribution in [0.1, 0.15) is 21.6 Å². The summed E-state index contributed by atoms with van der Waals surface area (Å²) in [4.78, 5) is 15.1. The number of nitrogens with zero attached hydrogens (tertiary/aromatic N) is 3. The molecule has 2 N–H and O–H groups in total. The first-order chi connectivity index (χ1) is 10.5. The van der Waals surface area contributed by atoms with E-state index in [0.29, 0.717) is 23.6 Å². The second-order valence-corrected chi connectivity index (χ2v) is 4.87. The number of fused-ring (bicyclic) bond motifs is 1. The fourth-order valence-corrected chi connectivity index (χ4v) is 2.12. The Labute approximate surface area is 125 Å². The van der Waals surface area contributed by atoms with Gasteiger partial charge in [0.05, 0.1) is 6.20 Å². The van der Waals surface area contributed by atoms with Gasteiger partial charge in [-0.1, -0.05) is 12.1 Å². The third kappa shape index (κ3) is 2.60. The molecular formula is C15H13FN4O2. The van der Waals surface area contributed by atoms with Crippen molar-refractivity contribution >= 4 is 17.4 Å². The SMILES string of the molecule is Cc1cc(CNc2ccc3ncc(C(=O)O)n3n2)ccc1F. The predicted octanol–water partition coefficient (Wildman–Crippen LogP) is 2.49. The zero-order chi connectivity index (χ0) is 15.7. The average Bonchev–Trinajstić information content (AvgIpc) is 2.91. The maximum atomic E-state index is 13.2. The maximum Gasteiger partial charge on any atom is 0.356 e. The molecule has 0 radical (unpaired) electrons. The topological polar surface area (TPSA) is 79.5 Å². The number of aromatic nitrogens is 3. The van der Waals surface area contributed by atoms with Gasteiger partial charge < -0.3 is 10.4 Å². The minimum atomic E-state index is -1.09. The molecule has 0 atom stereocenters. The largest absolute Gasteiger partial charge is 0.476 e. The van der Waals surface area contributed by atoms with Crippen molar-refractivity contribution in [2.24, 2.45) is 0 Å². The Morgan fingerprint density at radius 2 is 2.18 bits per heavy atom. The van der Waals surface area contributed by atoms with E-state index in [4.69, 9.17) is 5.11 Å². The fourth-order valence-electron chi connectivity index (χ4n) is 2.12. The lowest BCUT2D eigenvalue weighted by Crippen LogP contribution is -2.08. The molecule has 6 nitrogen and oxygen atoms in total. The van der Waals surface area contributed by atoms with Crippen molar-refractivity contribution in [1.82, 2.24) is 14.6 Å². The first kappa shape index (κ1) is 14.0. The Morgan fingerprint density at radius 3 is 2.91 bits per heavy atom. The van der Waals surface area contributed by atoms with E-state index < -0.39 is 5.97 Å². The number of carboxylic acids is 1. The van der Waals surface area contributed by atoms with Gasteiger partial charge in [-0.15, -0.1) is 5.10 Å². The van der Waals surface area contributed by atoms with E-state index in [0.717, 1.165) is 5.56 Å². The third-order valence-corrected chi connectivity index (χ3v) is 3.28. The van der Waals surface area contributed by atoms with Crippen molar-refractivity contribution in [3.8, 4) is 0 Å². The van der Waals surface area contributed by atoms with E-state index in [1.807, 2.05) is 0 Å². The highest BCUT2D eigenvalue weighted by Gasteiger charge is 2.11. The van der Waals surface area contributed by atoms with Crippen LogP contribution in [0, 0.1) is 12.7 Å². The van der Waals surface area contributed by atoms with E-state index in [1.165, 1.54) is 16.8 Å². The lowest BCUT2D eigenvalue weighted by atomic mass is 10.1. The first-order valence-corrected chi connectivity index (χ1v) is 6.61. The van der Waals surface area contributed by atoms with Gasteiger partial charge in [-0.25, -0.2) is 18.7 Å². The number of benzene rings is 1. The van der Waals surface area contributed by atoms with Crippen LogP contribution in [0.3, 0.4) is 0 Å². The van der Waals surface area contributed by atoms with Crippen LogP contribution >= 0.6 is 0 Å². The van der Waals surface area contributed by atoms with Crippen LogP contribution in [0.15, 0.2) is 36.5 Å². The number of carboxylic acid groups (broad SMARTS) is 1. The molecule has 0 saturated carbocycles. The molecular weight excluding hydrogens is 287 g/mol. The second kappa shape index (κ2) is 5.44. The number of carbonyl (C=O) groups is 1. The van der Waals surface area contributed by atoms with Crippen molar-refractivity contribution in [3.63, 3.8) is 0 Å². The number of imidazole rings is 1. The standard InChI is InChI=1S/C15H13FN4O2/c1-9-6-10(2-3-11(9)16)7-17-13-4-5-14-18-8-12(15(21)22)20(14)19-13/h2-6,8H,7H2,1H3,(H,17,19)(H,21,22). The minimum Gasteiger partial charge on any atom is -0.476 e. The van der Waals surface area contributed by atoms with E-state index in [1.54, 1.807) is 31.2 Å². The van der Waals surface area contributed by atoms with Gasteiger partial charge in [0.2, 0.25) is 0 Å². The van der Waals surface area contributed by atoms with Crippen molar-refractivity contribution in [3.05, 3.63) is 59.2 Å². The number of aryl methyl sites for hydroxylation is 1. The lowest BCUT2D eigenvalue weighted by Gasteiger charge is -2.07. The monoisotopic (exact) mass is 300 g/mol. The molecule has 0 aliphatic rings. The summed E-state index contributed by atoms with van der Waals surface area (Å²) >= 11 is 0. The first-order valence-electron chi connectivity index (χ1n) is 6.61. The second-order valence-electron chi connectivity index (χ2n) is 4.87. The fraction of sp³-hybridized carbons (Fsp3) is 0.133. The molecule has 3 rings (SSSR count). The summed E-state index contributed by atoms with van der Waals surface area (Å²) in [7, 11) is 0. The third-order valence-electron chi connectivity index (χ3n) is 3.28. The maximum absolute atomic E-state index is 13.2. The van der Waals surface area contributed by atoms with Crippen molar-refractivity contribution in [2.45, 2.75) is 13.5 Å². The Hall–Kier alpha value is -2.96. The molecule has 7 heteroatoms. The molecule has 0 unspecified atom stereocenters. The predicted molar refractivity (Wildman–Crippen MR) is 78.4 cm³/mol. The Balaban J connectivity index is 1.83. The van der Waals surface area contributed by atoms with Crippen molar-refractivity contribution < 1.29 is 14.3 Å². The lowest BCUT2D eigenvalue weighted by molar-refractivity contribution is 0.0688. The quantitative estimate of drug-likeness (QED) is 0.774. The van der Waals surface area contributed by atoms with E-state index in [-0.39, 0.29) is 11.5 Å². The summed E-state index contributed by atoms with van der Waals surface area (Å²) in [5.74, 6) is -0.825. The Morgan fingerprint density at radius 1 is 1.36 bits per heavy atom. The minimum absolute atomic E-state index is 0.00345. The summed E-state index contributed by atoms with van der Waals surface area (Å²) in [6.45, 7) is 2.16. The Bertz CT molecular complexity index is 860. The summed E-state index contributed by atoms with van der Waals surface area (Å²) in [5.41, 5.74) is 1.94. The van der Waals surface area contributed by atoms with Gasteiger partial charge in [0, 0.05) is 6.54 Å². The van der Waals surface area contributed by atoms with Gasteiger partial charge in [-0.2, -0.15) is 0 Å². The number of nitrogens with one attached hydrogen (secondary N) is 1. The summed E-state index contributed by atoms with van der Waals surface area (Å²) in [5, 5.41) is 16.4. The van der Waals surface area contributed by atoms with E-state index >= 15 is 0 Å². The molecule has 112 valence electrons. The molecule has 2 aromatic heterocycles. The van der Waals surface area contributed by atoms with Gasteiger partial charge in [-0.3, -0.25) is 0 Å². The highest BCUT2D eigenvalue weighted by atomic mass is 19.1. The van der Waals surface area contributed by atoms with Crippen molar-refractivity contribution in [1.29, 1.82) is 0 Å². The van der Waals surface area contributed by atoms with Crippen LogP contribution < -0.4 is 5.32 Å². The molecule has 1 aromatic carbocycles. The van der Waals surface area contributed by atoms with Crippen molar-refractivity contribution in [2.75, 3.05) is 5.32 Å². The number of anilines is 1. The van der Waals surface area contributed by atoms with Crippen LogP contribution in [0.4, 0.5) is 10.2 Å². The highest BCUT2D eigenvalue weighted by Crippen LogP contribution is 2.13. The van der Waals surface area contributed by atoms with Crippen LogP contribution in [-0.2, 0) is 6.54 Å². The molecule has 2 heterocycles. The molecule has 0 bridgehead atoms. The zero-order valence-corrected chi connectivity index (χ0v) is 11.7. The summed E-state index contributed by atoms with van der Waals surface area (Å²) < 4.78 is 14.5. The van der Waals surface area contributed by atoms with E-state index in [2.05, 4.69) is 15.4 Å². The average molecular weight is 300 g/mol. The highest BCUT2D eigenvalue weighted by molar-refractivity contribution is 5.86. The zero-order valence-electron chi connectivity index (χ0n) is 11.7. The van der Waals surface area contributed by atoms with Crippen LogP contribution in [0.2, 0.25) is 0 Å².